The van der Waals surface area contributed by atoms with Gasteiger partial charge in [-0.3, -0.25) is 0 Å². The fraction of sp³-hybridized carbons (Fsp3) is 0.500. The van der Waals surface area contributed by atoms with Crippen molar-refractivity contribution in [3.8, 4) is 0 Å². The van der Waals surface area contributed by atoms with Crippen molar-refractivity contribution in [3.63, 3.8) is 0 Å². The van der Waals surface area contributed by atoms with Crippen LogP contribution in [0.15, 0.2) is 12.5 Å². The first-order chi connectivity index (χ1) is 5.36. The molecular weight excluding hydrogens is 138 g/mol. The van der Waals surface area contributed by atoms with Crippen LogP contribution in [0, 0.1) is 0 Å². The Morgan fingerprint density at radius 1 is 1.55 bits per heavy atom. The Hall–Kier alpha value is -0.960. The van der Waals surface area contributed by atoms with Crippen LogP contribution < -0.4 is 0 Å². The summed E-state index contributed by atoms with van der Waals surface area (Å²) in [5.74, 6) is 0. The molecule has 0 amide bonds. The molecule has 0 aromatic carbocycles. The third-order valence-electron chi connectivity index (χ3n) is 2.05. The minimum Gasteiger partial charge on any atom is -0.302 e. The molecule has 58 valence electrons. The van der Waals surface area contributed by atoms with E-state index in [1.807, 2.05) is 6.20 Å². The predicted molar refractivity (Wildman–Crippen MR) is 42.1 cm³/mol. The summed E-state index contributed by atoms with van der Waals surface area (Å²) < 4.78 is 0. The van der Waals surface area contributed by atoms with Crippen LogP contribution in [0.2, 0.25) is 0 Å². The highest BCUT2D eigenvalue weighted by atomic mass is 15.1. The summed E-state index contributed by atoms with van der Waals surface area (Å²) in [4.78, 5) is 10.5. The first-order valence-electron chi connectivity index (χ1n) is 3.82. The molecule has 0 spiro atoms. The number of aromatic nitrogens is 2. The van der Waals surface area contributed by atoms with Crippen molar-refractivity contribution in [2.45, 2.75) is 13.0 Å². The topological polar surface area (TPSA) is 29.0 Å². The molecule has 0 radical (unpaired) electrons. The van der Waals surface area contributed by atoms with Crippen LogP contribution in [0.5, 0.6) is 0 Å². The van der Waals surface area contributed by atoms with Gasteiger partial charge in [0.1, 0.15) is 6.33 Å². The van der Waals surface area contributed by atoms with Gasteiger partial charge >= 0.3 is 0 Å². The summed E-state index contributed by atoms with van der Waals surface area (Å²) in [6, 6.07) is 0. The van der Waals surface area contributed by atoms with Gasteiger partial charge in [0.05, 0.1) is 0 Å². The lowest BCUT2D eigenvalue weighted by atomic mass is 10.1. The number of likely N-dealkylation sites (N-methyl/N-ethyl adjacent to an activating group) is 1. The number of rotatable bonds is 0. The average Bonchev–Trinajstić information content (AvgIpc) is 2.04. The maximum atomic E-state index is 4.22. The molecule has 1 aliphatic heterocycles. The van der Waals surface area contributed by atoms with Gasteiger partial charge in [-0.25, -0.2) is 9.97 Å². The lowest BCUT2D eigenvalue weighted by Crippen LogP contribution is -2.27. The molecule has 1 aromatic heterocycles. The van der Waals surface area contributed by atoms with Crippen molar-refractivity contribution in [2.75, 3.05) is 13.6 Å². The van der Waals surface area contributed by atoms with E-state index < -0.39 is 0 Å². The van der Waals surface area contributed by atoms with Crippen molar-refractivity contribution in [1.29, 1.82) is 0 Å². The van der Waals surface area contributed by atoms with E-state index in [0.29, 0.717) is 0 Å². The van der Waals surface area contributed by atoms with Crippen molar-refractivity contribution in [1.82, 2.24) is 14.9 Å². The molecule has 11 heavy (non-hydrogen) atoms. The second-order valence-electron chi connectivity index (χ2n) is 2.98. The Labute approximate surface area is 66.1 Å². The smallest absolute Gasteiger partial charge is 0.115 e. The summed E-state index contributed by atoms with van der Waals surface area (Å²) in [6.07, 6.45) is 4.61. The molecule has 3 heteroatoms. The molecule has 0 saturated carbocycles. The quantitative estimate of drug-likeness (QED) is 0.536. The van der Waals surface area contributed by atoms with E-state index >= 15 is 0 Å². The molecule has 0 unspecified atom stereocenters. The van der Waals surface area contributed by atoms with Gasteiger partial charge in [0.15, 0.2) is 0 Å². The largest absolute Gasteiger partial charge is 0.302 e. The standard InChI is InChI=1S/C8H11N3/c1-11-3-2-8-7(5-11)4-9-6-10-8/h4,6H,2-3,5H2,1H3. The SMILES string of the molecule is CN1CCc2ncncc2C1. The van der Waals surface area contributed by atoms with E-state index in [4.69, 9.17) is 0 Å². The first kappa shape index (κ1) is 6.73. The first-order valence-corrected chi connectivity index (χ1v) is 3.82. The third-order valence-corrected chi connectivity index (χ3v) is 2.05. The highest BCUT2D eigenvalue weighted by molar-refractivity contribution is 5.18. The molecule has 2 heterocycles. The van der Waals surface area contributed by atoms with Crippen LogP contribution in [0.1, 0.15) is 11.3 Å². The highest BCUT2D eigenvalue weighted by Crippen LogP contribution is 2.12. The van der Waals surface area contributed by atoms with E-state index in [-0.39, 0.29) is 0 Å². The molecule has 0 fully saturated rings. The Kier molecular flexibility index (Phi) is 1.58. The third kappa shape index (κ3) is 1.24. The maximum Gasteiger partial charge on any atom is 0.115 e. The van der Waals surface area contributed by atoms with Crippen molar-refractivity contribution in [3.05, 3.63) is 23.8 Å². The van der Waals surface area contributed by atoms with Gasteiger partial charge in [0.2, 0.25) is 0 Å². The lowest BCUT2D eigenvalue weighted by molar-refractivity contribution is 0.309. The van der Waals surface area contributed by atoms with Crippen molar-refractivity contribution in [2.24, 2.45) is 0 Å². The zero-order valence-corrected chi connectivity index (χ0v) is 6.62. The second-order valence-corrected chi connectivity index (χ2v) is 2.98. The Morgan fingerprint density at radius 2 is 2.45 bits per heavy atom. The van der Waals surface area contributed by atoms with Crippen molar-refractivity contribution < 1.29 is 0 Å². The number of hydrogen-bond donors (Lipinski definition) is 0. The van der Waals surface area contributed by atoms with Crippen LogP contribution >= 0.6 is 0 Å². The highest BCUT2D eigenvalue weighted by Gasteiger charge is 2.12. The molecule has 1 aromatic rings. The Morgan fingerprint density at radius 3 is 3.36 bits per heavy atom. The van der Waals surface area contributed by atoms with E-state index in [0.717, 1.165) is 19.5 Å². The van der Waals surface area contributed by atoms with E-state index in [1.54, 1.807) is 6.33 Å². The van der Waals surface area contributed by atoms with Gasteiger partial charge in [0.25, 0.3) is 0 Å². The number of hydrogen-bond acceptors (Lipinski definition) is 3. The predicted octanol–water partition coefficient (Wildman–Crippen LogP) is 0.465. The summed E-state index contributed by atoms with van der Waals surface area (Å²) in [5.41, 5.74) is 2.50. The molecule has 2 rings (SSSR count). The second kappa shape index (κ2) is 2.58. The Bertz CT molecular complexity index is 259. The molecule has 0 N–H and O–H groups in total. The van der Waals surface area contributed by atoms with Crippen LogP contribution in [0.4, 0.5) is 0 Å². The zero-order chi connectivity index (χ0) is 7.68. The van der Waals surface area contributed by atoms with E-state index in [9.17, 15) is 0 Å². The maximum absolute atomic E-state index is 4.22. The molecule has 0 saturated heterocycles. The van der Waals surface area contributed by atoms with E-state index in [1.165, 1.54) is 11.3 Å². The molecular formula is C8H11N3. The monoisotopic (exact) mass is 149 g/mol. The summed E-state index contributed by atoms with van der Waals surface area (Å²) in [5, 5.41) is 0. The fourth-order valence-electron chi connectivity index (χ4n) is 1.41. The zero-order valence-electron chi connectivity index (χ0n) is 6.62. The minimum atomic E-state index is 0.996. The van der Waals surface area contributed by atoms with Gasteiger partial charge in [-0.1, -0.05) is 0 Å². The average molecular weight is 149 g/mol. The van der Waals surface area contributed by atoms with Gasteiger partial charge in [-0.2, -0.15) is 0 Å². The van der Waals surface area contributed by atoms with Gasteiger partial charge in [-0.05, 0) is 7.05 Å². The molecule has 3 nitrogen and oxygen atoms in total. The van der Waals surface area contributed by atoms with E-state index in [2.05, 4.69) is 21.9 Å². The van der Waals surface area contributed by atoms with Crippen molar-refractivity contribution >= 4 is 0 Å². The van der Waals surface area contributed by atoms with Crippen LogP contribution in [-0.2, 0) is 13.0 Å². The minimum absolute atomic E-state index is 0.996. The summed E-state index contributed by atoms with van der Waals surface area (Å²) >= 11 is 0. The van der Waals surface area contributed by atoms with Gasteiger partial charge in [0, 0.05) is 37.0 Å². The molecule has 0 aliphatic carbocycles. The molecule has 0 bridgehead atoms. The van der Waals surface area contributed by atoms with Crippen LogP contribution in [0.3, 0.4) is 0 Å². The Balaban J connectivity index is 2.34. The number of fused-ring (bicyclic) bond motifs is 1. The van der Waals surface area contributed by atoms with Crippen LogP contribution in [0.25, 0.3) is 0 Å². The molecule has 0 atom stereocenters. The molecule has 1 aliphatic rings. The van der Waals surface area contributed by atoms with Gasteiger partial charge < -0.3 is 4.90 Å². The lowest BCUT2D eigenvalue weighted by Gasteiger charge is -2.22. The number of nitrogens with zero attached hydrogens (tertiary/aromatic N) is 3. The van der Waals surface area contributed by atoms with Gasteiger partial charge in [-0.15, -0.1) is 0 Å². The summed E-state index contributed by atoms with van der Waals surface area (Å²) in [7, 11) is 2.12. The van der Waals surface area contributed by atoms with Crippen LogP contribution in [-0.4, -0.2) is 28.5 Å². The fourth-order valence-corrected chi connectivity index (χ4v) is 1.41. The normalized spacial score (nSPS) is 17.9. The summed E-state index contributed by atoms with van der Waals surface area (Å²) in [6.45, 7) is 2.11.